The largest absolute Gasteiger partial charge is 0.158 e. The van der Waals surface area contributed by atoms with Crippen LogP contribution in [0.15, 0.2) is 52.7 Å². The maximum absolute atomic E-state index is 8.69. The van der Waals surface area contributed by atoms with E-state index in [0.29, 0.717) is 5.69 Å². The number of aromatic nitrogens is 2. The fraction of sp³-hybridized carbons (Fsp3) is 0.125. The van der Waals surface area contributed by atoms with Crippen molar-refractivity contribution in [1.29, 1.82) is 0 Å². The molecule has 1 aromatic heterocycles. The molecule has 0 amide bonds. The highest BCUT2D eigenvalue weighted by Gasteiger charge is 2.06. The fourth-order valence-electron chi connectivity index (χ4n) is 2.35. The molecule has 0 radical (unpaired) electrons. The van der Waals surface area contributed by atoms with E-state index in [-0.39, 0.29) is 0 Å². The Morgan fingerprint density at radius 1 is 1.14 bits per heavy atom. The van der Waals surface area contributed by atoms with Crippen molar-refractivity contribution < 1.29 is 0 Å². The molecule has 0 spiro atoms. The molecule has 6 heteroatoms. The molecule has 0 aliphatic heterocycles. The van der Waals surface area contributed by atoms with Gasteiger partial charge in [-0.1, -0.05) is 41.5 Å². The molecule has 6 nitrogen and oxygen atoms in total. The number of hydrogen-bond donors (Lipinski definition) is 0. The highest BCUT2D eigenvalue weighted by molar-refractivity contribution is 5.88. The van der Waals surface area contributed by atoms with E-state index in [2.05, 4.69) is 20.2 Å². The first kappa shape index (κ1) is 13.9. The first-order valence-electron chi connectivity index (χ1n) is 6.84. The van der Waals surface area contributed by atoms with Gasteiger partial charge in [0.05, 0.1) is 17.4 Å². The van der Waals surface area contributed by atoms with Gasteiger partial charge in [-0.05, 0) is 31.0 Å². The lowest BCUT2D eigenvalue weighted by molar-refractivity contribution is 0.729. The summed E-state index contributed by atoms with van der Waals surface area (Å²) in [6, 6.07) is 13.6. The van der Waals surface area contributed by atoms with Crippen molar-refractivity contribution in [3.8, 4) is 0 Å². The Hall–Kier alpha value is -3.11. The molecule has 0 saturated carbocycles. The first-order valence-corrected chi connectivity index (χ1v) is 6.84. The van der Waals surface area contributed by atoms with Crippen LogP contribution < -0.4 is 0 Å². The summed E-state index contributed by atoms with van der Waals surface area (Å²) in [4.78, 5) is 4.47. The van der Waals surface area contributed by atoms with Gasteiger partial charge in [0.15, 0.2) is 0 Å². The van der Waals surface area contributed by atoms with Gasteiger partial charge in [0.1, 0.15) is 0 Å². The minimum Gasteiger partial charge on any atom is -0.158 e. The van der Waals surface area contributed by atoms with E-state index in [1.165, 1.54) is 0 Å². The summed E-state index contributed by atoms with van der Waals surface area (Å²) in [7, 11) is 0. The van der Waals surface area contributed by atoms with Crippen LogP contribution in [0.5, 0.6) is 0 Å². The van der Waals surface area contributed by atoms with Gasteiger partial charge in [0.25, 0.3) is 0 Å². The molecule has 3 rings (SSSR count). The summed E-state index contributed by atoms with van der Waals surface area (Å²) in [5, 5.41) is 13.6. The lowest BCUT2D eigenvalue weighted by Gasteiger charge is -2.03. The normalized spacial score (nSPS) is 11.0. The van der Waals surface area contributed by atoms with E-state index in [0.717, 1.165) is 27.7 Å². The zero-order valence-electron chi connectivity index (χ0n) is 12.3. The van der Waals surface area contributed by atoms with Crippen molar-refractivity contribution in [2.24, 2.45) is 10.2 Å². The van der Waals surface area contributed by atoms with Crippen LogP contribution in [0.4, 0.5) is 5.69 Å². The number of nitrogens with zero attached hydrogens (tertiary/aromatic N) is 6. The third-order valence-corrected chi connectivity index (χ3v) is 3.52. The Balaban J connectivity index is 2.05. The molecule has 3 aromatic rings. The minimum absolute atomic E-state index is 0.586. The van der Waals surface area contributed by atoms with E-state index >= 15 is 0 Å². The average molecular weight is 290 g/mol. The summed E-state index contributed by atoms with van der Waals surface area (Å²) < 4.78 is 0. The second-order valence-electron chi connectivity index (χ2n) is 4.94. The monoisotopic (exact) mass is 290 g/mol. The van der Waals surface area contributed by atoms with E-state index in [9.17, 15) is 0 Å². The zero-order valence-corrected chi connectivity index (χ0v) is 12.3. The van der Waals surface area contributed by atoms with Crippen molar-refractivity contribution >= 4 is 22.8 Å². The van der Waals surface area contributed by atoms with Gasteiger partial charge in [-0.25, -0.2) is 0 Å². The smallest absolute Gasteiger partial charge is 0.0948 e. The molecule has 0 N–H and O–H groups in total. The Morgan fingerprint density at radius 3 is 2.73 bits per heavy atom. The van der Waals surface area contributed by atoms with Crippen LogP contribution in [0.25, 0.3) is 21.3 Å². The minimum atomic E-state index is 0.586. The average Bonchev–Trinajstić information content (AvgIpc) is 2.85. The van der Waals surface area contributed by atoms with Crippen molar-refractivity contribution in [3.63, 3.8) is 0 Å². The molecular weight excluding hydrogens is 276 g/mol. The molecule has 2 aromatic carbocycles. The molecular formula is C16H14N6. The number of fused-ring (bicyclic) bond motifs is 1. The maximum Gasteiger partial charge on any atom is 0.0948 e. The zero-order chi connectivity index (χ0) is 15.5. The SMILES string of the molecule is Cc1cccc(/C=N/n2nc3ccccc3c2C)c1N=[N+]=[N-]. The predicted molar refractivity (Wildman–Crippen MR) is 87.4 cm³/mol. The summed E-state index contributed by atoms with van der Waals surface area (Å²) in [5.41, 5.74) is 12.8. The third kappa shape index (κ3) is 2.43. The van der Waals surface area contributed by atoms with Crippen molar-refractivity contribution in [2.75, 3.05) is 0 Å². The second kappa shape index (κ2) is 5.71. The topological polar surface area (TPSA) is 78.9 Å². The Kier molecular flexibility index (Phi) is 3.60. The van der Waals surface area contributed by atoms with E-state index < -0.39 is 0 Å². The number of rotatable bonds is 3. The number of benzene rings is 2. The standard InChI is InChI=1S/C16H14N6/c1-11-6-5-7-13(16(11)19-21-17)10-18-22-12(2)14-8-3-4-9-15(14)20-22/h3-10H,1-2H3/b18-10+. The van der Waals surface area contributed by atoms with Crippen molar-refractivity contribution in [2.45, 2.75) is 13.8 Å². The molecule has 0 bridgehead atoms. The van der Waals surface area contributed by atoms with Crippen LogP contribution in [0.1, 0.15) is 16.8 Å². The van der Waals surface area contributed by atoms with Crippen LogP contribution in [-0.4, -0.2) is 16.1 Å². The van der Waals surface area contributed by atoms with Crippen LogP contribution in [-0.2, 0) is 0 Å². The molecule has 0 fully saturated rings. The van der Waals surface area contributed by atoms with Crippen molar-refractivity contribution in [1.82, 2.24) is 9.89 Å². The predicted octanol–water partition coefficient (Wildman–Crippen LogP) is 4.48. The van der Waals surface area contributed by atoms with Crippen LogP contribution in [0, 0.1) is 13.8 Å². The highest BCUT2D eigenvalue weighted by Crippen LogP contribution is 2.23. The Morgan fingerprint density at radius 2 is 1.95 bits per heavy atom. The fourth-order valence-corrected chi connectivity index (χ4v) is 2.35. The van der Waals surface area contributed by atoms with E-state index in [1.807, 2.05) is 56.3 Å². The summed E-state index contributed by atoms with van der Waals surface area (Å²) in [6.07, 6.45) is 1.66. The third-order valence-electron chi connectivity index (χ3n) is 3.52. The van der Waals surface area contributed by atoms with Gasteiger partial charge in [0.2, 0.25) is 0 Å². The van der Waals surface area contributed by atoms with Gasteiger partial charge >= 0.3 is 0 Å². The lowest BCUT2D eigenvalue weighted by atomic mass is 10.1. The molecule has 1 heterocycles. The quantitative estimate of drug-likeness (QED) is 0.303. The molecule has 0 saturated heterocycles. The summed E-state index contributed by atoms with van der Waals surface area (Å²) in [5.74, 6) is 0. The molecule has 0 atom stereocenters. The van der Waals surface area contributed by atoms with Crippen LogP contribution in [0.3, 0.4) is 0 Å². The summed E-state index contributed by atoms with van der Waals surface area (Å²) in [6.45, 7) is 3.87. The Labute approximate surface area is 127 Å². The van der Waals surface area contributed by atoms with Gasteiger partial charge in [0, 0.05) is 21.5 Å². The van der Waals surface area contributed by atoms with Crippen molar-refractivity contribution in [3.05, 3.63) is 69.7 Å². The first-order chi connectivity index (χ1) is 10.7. The van der Waals surface area contributed by atoms with Gasteiger partial charge in [-0.3, -0.25) is 0 Å². The van der Waals surface area contributed by atoms with Gasteiger partial charge < -0.3 is 0 Å². The van der Waals surface area contributed by atoms with Gasteiger partial charge in [-0.15, -0.1) is 0 Å². The lowest BCUT2D eigenvalue weighted by Crippen LogP contribution is -1.95. The van der Waals surface area contributed by atoms with Crippen LogP contribution in [0.2, 0.25) is 0 Å². The van der Waals surface area contributed by atoms with E-state index in [1.54, 1.807) is 11.0 Å². The summed E-state index contributed by atoms with van der Waals surface area (Å²) >= 11 is 0. The Bertz CT molecular complexity index is 916. The molecule has 0 unspecified atom stereocenters. The van der Waals surface area contributed by atoms with Crippen LogP contribution >= 0.6 is 0 Å². The highest BCUT2D eigenvalue weighted by atomic mass is 15.5. The second-order valence-corrected chi connectivity index (χ2v) is 4.94. The number of azide groups is 1. The molecule has 108 valence electrons. The van der Waals surface area contributed by atoms with Gasteiger partial charge in [-0.2, -0.15) is 15.0 Å². The maximum atomic E-state index is 8.69. The van der Waals surface area contributed by atoms with E-state index in [4.69, 9.17) is 5.53 Å². The number of aryl methyl sites for hydroxylation is 2. The number of hydrogen-bond acceptors (Lipinski definition) is 3. The molecule has 0 aliphatic carbocycles. The molecule has 22 heavy (non-hydrogen) atoms. The molecule has 0 aliphatic rings.